The minimum absolute atomic E-state index is 0.0324. The van der Waals surface area contributed by atoms with E-state index < -0.39 is 0 Å². The van der Waals surface area contributed by atoms with E-state index in [9.17, 15) is 9.59 Å². The number of fused-ring (bicyclic) bond motifs is 1. The lowest BCUT2D eigenvalue weighted by molar-refractivity contribution is -0.125. The summed E-state index contributed by atoms with van der Waals surface area (Å²) in [5, 5.41) is 3.21. The van der Waals surface area contributed by atoms with Gasteiger partial charge in [-0.2, -0.15) is 0 Å². The number of carbonyl (C=O) groups excluding carboxylic acids is 1. The van der Waals surface area contributed by atoms with E-state index in [0.717, 1.165) is 63.1 Å². The number of rotatable bonds is 5. The number of benzene rings is 1. The van der Waals surface area contributed by atoms with Crippen LogP contribution >= 0.6 is 0 Å². The molecule has 1 aliphatic heterocycles. The van der Waals surface area contributed by atoms with Crippen molar-refractivity contribution in [2.24, 2.45) is 11.8 Å². The Kier molecular flexibility index (Phi) is 6.86. The molecule has 1 amide bonds. The molecular formula is C25H34N4O2. The Morgan fingerprint density at radius 1 is 1.13 bits per heavy atom. The second-order valence-electron chi connectivity index (χ2n) is 9.24. The highest BCUT2D eigenvalue weighted by Gasteiger charge is 2.26. The average molecular weight is 423 g/mol. The minimum atomic E-state index is -0.0407. The normalized spacial score (nSPS) is 20.1. The summed E-state index contributed by atoms with van der Waals surface area (Å²) in [4.78, 5) is 34.8. The summed E-state index contributed by atoms with van der Waals surface area (Å²) in [6, 6.07) is 8.61. The standard InChI is InChI=1S/C25H34N4O2/c1-17-5-3-4-6-21(17)16-29-13-11-19(12-14-29)15-26-24(30)20-7-9-22-23(10-8-20)27-18(2)28-25(22)31/h3-6,19-20H,7-16H2,1-2H3,(H,26,30)(H,27,28,31). The number of nitrogens with zero attached hydrogens (tertiary/aromatic N) is 2. The number of aryl methyl sites for hydroxylation is 3. The van der Waals surface area contributed by atoms with Crippen LogP contribution in [0.3, 0.4) is 0 Å². The summed E-state index contributed by atoms with van der Waals surface area (Å²) < 4.78 is 0. The molecule has 0 radical (unpaired) electrons. The predicted octanol–water partition coefficient (Wildman–Crippen LogP) is 2.91. The van der Waals surface area contributed by atoms with E-state index >= 15 is 0 Å². The first kappa shape index (κ1) is 21.8. The van der Waals surface area contributed by atoms with Crippen molar-refractivity contribution in [1.29, 1.82) is 0 Å². The molecule has 0 bridgehead atoms. The molecule has 2 aliphatic rings. The Bertz CT molecular complexity index is 976. The van der Waals surface area contributed by atoms with Crippen LogP contribution in [-0.2, 0) is 24.2 Å². The van der Waals surface area contributed by atoms with Crippen LogP contribution in [0.1, 0.15) is 53.9 Å². The van der Waals surface area contributed by atoms with Crippen LogP contribution in [0, 0.1) is 25.7 Å². The summed E-state index contributed by atoms with van der Waals surface area (Å²) in [5.41, 5.74) is 4.36. The van der Waals surface area contributed by atoms with Gasteiger partial charge in [-0.15, -0.1) is 0 Å². The van der Waals surface area contributed by atoms with Crippen molar-refractivity contribution in [2.75, 3.05) is 19.6 Å². The van der Waals surface area contributed by atoms with Gasteiger partial charge in [0.1, 0.15) is 5.82 Å². The van der Waals surface area contributed by atoms with Crippen LogP contribution in [0.2, 0.25) is 0 Å². The molecule has 4 rings (SSSR count). The molecule has 1 saturated heterocycles. The number of piperidine rings is 1. The van der Waals surface area contributed by atoms with Crippen molar-refractivity contribution in [1.82, 2.24) is 20.2 Å². The molecule has 1 unspecified atom stereocenters. The lowest BCUT2D eigenvalue weighted by atomic mass is 9.94. The van der Waals surface area contributed by atoms with Gasteiger partial charge in [-0.3, -0.25) is 14.5 Å². The van der Waals surface area contributed by atoms with E-state index in [1.165, 1.54) is 11.1 Å². The van der Waals surface area contributed by atoms with E-state index in [1.54, 1.807) is 0 Å². The van der Waals surface area contributed by atoms with Crippen molar-refractivity contribution in [3.8, 4) is 0 Å². The Morgan fingerprint density at radius 2 is 1.87 bits per heavy atom. The van der Waals surface area contributed by atoms with E-state index in [2.05, 4.69) is 51.4 Å². The highest BCUT2D eigenvalue weighted by Crippen LogP contribution is 2.23. The summed E-state index contributed by atoms with van der Waals surface area (Å²) >= 11 is 0. The van der Waals surface area contributed by atoms with E-state index in [1.807, 2.05) is 6.92 Å². The second kappa shape index (κ2) is 9.77. The van der Waals surface area contributed by atoms with E-state index in [4.69, 9.17) is 0 Å². The highest BCUT2D eigenvalue weighted by molar-refractivity contribution is 5.78. The van der Waals surface area contributed by atoms with Crippen LogP contribution in [0.15, 0.2) is 29.1 Å². The molecule has 2 N–H and O–H groups in total. The molecular weight excluding hydrogens is 388 g/mol. The van der Waals surface area contributed by atoms with Gasteiger partial charge in [0.05, 0.1) is 5.69 Å². The first-order chi connectivity index (χ1) is 15.0. The maximum Gasteiger partial charge on any atom is 0.254 e. The van der Waals surface area contributed by atoms with Crippen LogP contribution in [0.4, 0.5) is 0 Å². The molecule has 0 saturated carbocycles. The van der Waals surface area contributed by atoms with Gasteiger partial charge in [0.2, 0.25) is 5.91 Å². The quantitative estimate of drug-likeness (QED) is 0.727. The van der Waals surface area contributed by atoms with Gasteiger partial charge in [-0.25, -0.2) is 4.98 Å². The first-order valence-corrected chi connectivity index (χ1v) is 11.6. The second-order valence-corrected chi connectivity index (χ2v) is 9.24. The van der Waals surface area contributed by atoms with Gasteiger partial charge in [-0.1, -0.05) is 24.3 Å². The van der Waals surface area contributed by atoms with Crippen LogP contribution in [-0.4, -0.2) is 40.4 Å². The zero-order valence-electron chi connectivity index (χ0n) is 18.7. The molecule has 0 spiro atoms. The highest BCUT2D eigenvalue weighted by atomic mass is 16.2. The number of aromatic amines is 1. The van der Waals surface area contributed by atoms with Crippen molar-refractivity contribution in [3.05, 3.63) is 62.8 Å². The zero-order chi connectivity index (χ0) is 21.8. The Balaban J connectivity index is 1.22. The topological polar surface area (TPSA) is 78.1 Å². The van der Waals surface area contributed by atoms with Gasteiger partial charge < -0.3 is 10.3 Å². The number of hydrogen-bond donors (Lipinski definition) is 2. The molecule has 1 aromatic carbocycles. The third-order valence-electron chi connectivity index (χ3n) is 6.99. The van der Waals surface area contributed by atoms with Crippen molar-refractivity contribution in [3.63, 3.8) is 0 Å². The number of nitrogens with one attached hydrogen (secondary N) is 2. The van der Waals surface area contributed by atoms with Crippen LogP contribution in [0.5, 0.6) is 0 Å². The van der Waals surface area contributed by atoms with E-state index in [0.29, 0.717) is 24.6 Å². The Morgan fingerprint density at radius 3 is 2.65 bits per heavy atom. The average Bonchev–Trinajstić information content (AvgIpc) is 2.97. The summed E-state index contributed by atoms with van der Waals surface area (Å²) in [7, 11) is 0. The molecule has 166 valence electrons. The lowest BCUT2D eigenvalue weighted by Gasteiger charge is -2.32. The molecule has 6 nitrogen and oxygen atoms in total. The van der Waals surface area contributed by atoms with Crippen LogP contribution < -0.4 is 10.9 Å². The monoisotopic (exact) mass is 422 g/mol. The SMILES string of the molecule is Cc1nc2c(c(=O)[nH]1)CCC(C(=O)NCC1CCN(Cc3ccccc3C)CC1)CC2. The third-order valence-corrected chi connectivity index (χ3v) is 6.99. The fourth-order valence-corrected chi connectivity index (χ4v) is 4.94. The maximum absolute atomic E-state index is 12.8. The largest absolute Gasteiger partial charge is 0.356 e. The molecule has 1 aliphatic carbocycles. The van der Waals surface area contributed by atoms with Crippen molar-refractivity contribution in [2.45, 2.75) is 58.9 Å². The third kappa shape index (κ3) is 5.42. The van der Waals surface area contributed by atoms with Gasteiger partial charge >= 0.3 is 0 Å². The first-order valence-electron chi connectivity index (χ1n) is 11.6. The van der Waals surface area contributed by atoms with Gasteiger partial charge in [0.25, 0.3) is 5.56 Å². The van der Waals surface area contributed by atoms with Crippen LogP contribution in [0.25, 0.3) is 0 Å². The van der Waals surface area contributed by atoms with Crippen molar-refractivity contribution < 1.29 is 4.79 Å². The number of hydrogen-bond acceptors (Lipinski definition) is 4. The molecule has 6 heteroatoms. The lowest BCUT2D eigenvalue weighted by Crippen LogP contribution is -2.40. The summed E-state index contributed by atoms with van der Waals surface area (Å²) in [5.74, 6) is 1.31. The molecule has 31 heavy (non-hydrogen) atoms. The summed E-state index contributed by atoms with van der Waals surface area (Å²) in [6.07, 6.45) is 5.08. The smallest absolute Gasteiger partial charge is 0.254 e. The number of amides is 1. The molecule has 1 aromatic heterocycles. The maximum atomic E-state index is 12.8. The van der Waals surface area contributed by atoms with E-state index in [-0.39, 0.29) is 17.4 Å². The molecule has 2 aromatic rings. The number of carbonyl (C=O) groups is 1. The molecule has 1 fully saturated rings. The fourth-order valence-electron chi connectivity index (χ4n) is 4.94. The van der Waals surface area contributed by atoms with Crippen molar-refractivity contribution >= 4 is 5.91 Å². The number of H-pyrrole nitrogens is 1. The summed E-state index contributed by atoms with van der Waals surface area (Å²) in [6.45, 7) is 7.93. The Labute approximate surface area is 184 Å². The Hall–Kier alpha value is -2.47. The van der Waals surface area contributed by atoms with Gasteiger partial charge in [0.15, 0.2) is 0 Å². The fraction of sp³-hybridized carbons (Fsp3) is 0.560. The van der Waals surface area contributed by atoms with Gasteiger partial charge in [0, 0.05) is 24.6 Å². The number of aromatic nitrogens is 2. The number of likely N-dealkylation sites (tertiary alicyclic amines) is 1. The zero-order valence-corrected chi connectivity index (χ0v) is 18.7. The van der Waals surface area contributed by atoms with Gasteiger partial charge in [-0.05, 0) is 82.5 Å². The molecule has 2 heterocycles. The predicted molar refractivity (Wildman–Crippen MR) is 122 cm³/mol. The minimum Gasteiger partial charge on any atom is -0.356 e. The molecule has 1 atom stereocenters.